The molecular weight excluding hydrogens is 677 g/mol. The number of hydrogen-bond acceptors (Lipinski definition) is 8. The lowest BCUT2D eigenvalue weighted by molar-refractivity contribution is 0.0706. The van der Waals surface area contributed by atoms with Crippen LogP contribution in [-0.4, -0.2) is 60.0 Å². The standard InChI is InChI=1S/C33H33Cl2N7O5S/c1-20(7-11-26(34)21(2)31-39-28-5-3-4-6-29(28)40-31)38-33(44)25-10-9-24(17-27(25)35)48(46,47)37-18-22-13-15-42(16-14-22)30-12-8-23(19-36-30)32(43)41-45/h3-12,17,19,22,37,45H,2,13-16,18H2,1H3,(H,38,44)(H,39,40)(H,41,43)/b20-7+,26-11+. The van der Waals surface area contributed by atoms with Gasteiger partial charge >= 0.3 is 0 Å². The number of amides is 2. The molecule has 4 aromatic rings. The summed E-state index contributed by atoms with van der Waals surface area (Å²) in [5, 5.41) is 11.8. The monoisotopic (exact) mass is 709 g/mol. The van der Waals surface area contributed by atoms with Crippen molar-refractivity contribution in [2.75, 3.05) is 24.5 Å². The Morgan fingerprint density at radius 2 is 1.85 bits per heavy atom. The molecule has 2 aromatic carbocycles. The van der Waals surface area contributed by atoms with Crippen LogP contribution in [0.4, 0.5) is 5.82 Å². The fourth-order valence-electron chi connectivity index (χ4n) is 5.09. The van der Waals surface area contributed by atoms with Gasteiger partial charge in [0.2, 0.25) is 10.0 Å². The number of aromatic nitrogens is 3. The number of carbonyl (C=O) groups is 2. The summed E-state index contributed by atoms with van der Waals surface area (Å²) in [7, 11) is -3.89. The number of para-hydroxylation sites is 2. The molecule has 0 atom stereocenters. The van der Waals surface area contributed by atoms with E-state index in [-0.39, 0.29) is 33.5 Å². The second kappa shape index (κ2) is 15.1. The molecule has 0 aliphatic carbocycles. The third-order valence-electron chi connectivity index (χ3n) is 7.86. The molecule has 250 valence electrons. The Hall–Kier alpha value is -4.53. The minimum atomic E-state index is -3.89. The van der Waals surface area contributed by atoms with Crippen molar-refractivity contribution in [3.63, 3.8) is 0 Å². The predicted molar refractivity (Wildman–Crippen MR) is 185 cm³/mol. The van der Waals surface area contributed by atoms with Crippen molar-refractivity contribution in [1.82, 2.24) is 30.5 Å². The van der Waals surface area contributed by atoms with E-state index < -0.39 is 21.8 Å². The number of nitrogens with one attached hydrogen (secondary N) is 4. The lowest BCUT2D eigenvalue weighted by Crippen LogP contribution is -2.39. The van der Waals surface area contributed by atoms with Gasteiger partial charge in [0.15, 0.2) is 0 Å². The summed E-state index contributed by atoms with van der Waals surface area (Å²) < 4.78 is 28.8. The van der Waals surface area contributed by atoms with Crippen LogP contribution in [0.3, 0.4) is 0 Å². The molecule has 0 saturated carbocycles. The van der Waals surface area contributed by atoms with Crippen molar-refractivity contribution < 1.29 is 23.2 Å². The Morgan fingerprint density at radius 3 is 2.52 bits per heavy atom. The van der Waals surface area contributed by atoms with E-state index in [2.05, 4.69) is 36.5 Å². The fourth-order valence-corrected chi connectivity index (χ4v) is 6.72. The molecule has 2 amide bonds. The van der Waals surface area contributed by atoms with Gasteiger partial charge in [0.05, 0.1) is 37.1 Å². The Labute approximate surface area is 287 Å². The summed E-state index contributed by atoms with van der Waals surface area (Å²) in [5.74, 6) is 0.170. The first kappa shape index (κ1) is 34.8. The summed E-state index contributed by atoms with van der Waals surface area (Å²) in [6, 6.07) is 14.8. The summed E-state index contributed by atoms with van der Waals surface area (Å²) in [5.41, 5.74) is 4.52. The molecule has 15 heteroatoms. The minimum absolute atomic E-state index is 0.0155. The summed E-state index contributed by atoms with van der Waals surface area (Å²) in [6.07, 6.45) is 6.04. The van der Waals surface area contributed by atoms with Crippen LogP contribution < -0.4 is 20.4 Å². The Bertz CT molecular complexity index is 1990. The maximum atomic E-state index is 13.1. The number of imidazole rings is 1. The number of H-pyrrole nitrogens is 1. The normalized spacial score (nSPS) is 14.6. The number of sulfonamides is 1. The molecule has 1 saturated heterocycles. The predicted octanol–water partition coefficient (Wildman–Crippen LogP) is 5.39. The molecule has 2 aromatic heterocycles. The van der Waals surface area contributed by atoms with Crippen LogP contribution in [0.5, 0.6) is 0 Å². The topological polar surface area (TPSA) is 169 Å². The van der Waals surface area contributed by atoms with Gasteiger partial charge in [-0.25, -0.2) is 28.6 Å². The highest BCUT2D eigenvalue weighted by molar-refractivity contribution is 7.89. The molecule has 48 heavy (non-hydrogen) atoms. The molecule has 0 unspecified atom stereocenters. The van der Waals surface area contributed by atoms with Crippen LogP contribution in [0.2, 0.25) is 5.02 Å². The van der Waals surface area contributed by atoms with Crippen molar-refractivity contribution in [3.8, 4) is 0 Å². The quantitative estimate of drug-likeness (QED) is 0.0784. The molecule has 0 radical (unpaired) electrons. The maximum absolute atomic E-state index is 13.1. The van der Waals surface area contributed by atoms with E-state index in [1.165, 1.54) is 24.4 Å². The molecule has 0 bridgehead atoms. The number of carbonyl (C=O) groups excluding carboxylic acids is 2. The first-order valence-corrected chi connectivity index (χ1v) is 17.1. The fraction of sp³-hybridized carbons (Fsp3) is 0.212. The highest BCUT2D eigenvalue weighted by atomic mass is 35.5. The van der Waals surface area contributed by atoms with Gasteiger partial charge in [-0.1, -0.05) is 41.9 Å². The molecule has 5 N–H and O–H groups in total. The van der Waals surface area contributed by atoms with Gasteiger partial charge in [-0.2, -0.15) is 0 Å². The van der Waals surface area contributed by atoms with Crippen LogP contribution in [-0.2, 0) is 10.0 Å². The van der Waals surface area contributed by atoms with E-state index in [9.17, 15) is 18.0 Å². The zero-order chi connectivity index (χ0) is 34.4. The second-order valence-corrected chi connectivity index (χ2v) is 13.8. The molecular formula is C33H33Cl2N7O5S. The highest BCUT2D eigenvalue weighted by Crippen LogP contribution is 2.26. The average Bonchev–Trinajstić information content (AvgIpc) is 3.54. The molecule has 1 fully saturated rings. The second-order valence-electron chi connectivity index (χ2n) is 11.2. The van der Waals surface area contributed by atoms with Crippen LogP contribution >= 0.6 is 23.2 Å². The van der Waals surface area contributed by atoms with E-state index in [4.69, 9.17) is 28.4 Å². The van der Waals surface area contributed by atoms with Gasteiger partial charge in [0, 0.05) is 37.1 Å². The number of halogens is 2. The lowest BCUT2D eigenvalue weighted by atomic mass is 9.97. The number of benzene rings is 2. The van der Waals surface area contributed by atoms with Crippen molar-refractivity contribution in [2.24, 2.45) is 5.92 Å². The summed E-state index contributed by atoms with van der Waals surface area (Å²) in [6.45, 7) is 7.24. The zero-order valence-electron chi connectivity index (χ0n) is 25.8. The van der Waals surface area contributed by atoms with Gasteiger partial charge in [0.1, 0.15) is 11.6 Å². The third kappa shape index (κ3) is 8.30. The number of pyridine rings is 1. The maximum Gasteiger partial charge on any atom is 0.276 e. The minimum Gasteiger partial charge on any atom is -0.357 e. The third-order valence-corrected chi connectivity index (χ3v) is 9.95. The number of piperidine rings is 1. The molecule has 12 nitrogen and oxygen atoms in total. The summed E-state index contributed by atoms with van der Waals surface area (Å²) in [4.78, 5) is 38.4. The lowest BCUT2D eigenvalue weighted by Gasteiger charge is -2.32. The van der Waals surface area contributed by atoms with E-state index in [1.54, 1.807) is 36.7 Å². The van der Waals surface area contributed by atoms with Crippen LogP contribution in [0, 0.1) is 5.92 Å². The Morgan fingerprint density at radius 1 is 1.10 bits per heavy atom. The van der Waals surface area contributed by atoms with E-state index >= 15 is 0 Å². The number of aromatic amines is 1. The Balaban J connectivity index is 1.13. The first-order chi connectivity index (χ1) is 22.9. The molecule has 1 aliphatic heterocycles. The zero-order valence-corrected chi connectivity index (χ0v) is 28.2. The molecule has 1 aliphatic rings. The van der Waals surface area contributed by atoms with Crippen LogP contribution in [0.25, 0.3) is 16.6 Å². The van der Waals surface area contributed by atoms with E-state index in [0.29, 0.717) is 41.0 Å². The number of hydroxylamine groups is 1. The molecule has 5 rings (SSSR count). The number of allylic oxidation sites excluding steroid dienone is 5. The summed E-state index contributed by atoms with van der Waals surface area (Å²) >= 11 is 12.8. The average molecular weight is 711 g/mol. The van der Waals surface area contributed by atoms with Crippen molar-refractivity contribution >= 4 is 67.5 Å². The highest BCUT2D eigenvalue weighted by Gasteiger charge is 2.24. The van der Waals surface area contributed by atoms with Gasteiger partial charge in [-0.15, -0.1) is 0 Å². The van der Waals surface area contributed by atoms with Gasteiger partial charge in [-0.3, -0.25) is 14.8 Å². The van der Waals surface area contributed by atoms with E-state index in [0.717, 1.165) is 23.9 Å². The molecule has 3 heterocycles. The number of hydrogen-bond donors (Lipinski definition) is 5. The van der Waals surface area contributed by atoms with Crippen molar-refractivity contribution in [2.45, 2.75) is 24.7 Å². The van der Waals surface area contributed by atoms with Gasteiger partial charge in [0.25, 0.3) is 11.8 Å². The largest absolute Gasteiger partial charge is 0.357 e. The van der Waals surface area contributed by atoms with Gasteiger partial charge < -0.3 is 15.2 Å². The number of fused-ring (bicyclic) bond motifs is 1. The Kier molecular flexibility index (Phi) is 11.0. The smallest absolute Gasteiger partial charge is 0.276 e. The van der Waals surface area contributed by atoms with Crippen molar-refractivity contribution in [1.29, 1.82) is 0 Å². The number of anilines is 1. The SMILES string of the molecule is C=C(/C(Cl)=C\C=C(/C)NC(=O)c1ccc(S(=O)(=O)NCC2CCN(c3ccc(C(=O)NO)cn3)CC2)cc1Cl)c1nc2ccccc2[nH]1. The molecule has 0 spiro atoms. The van der Waals surface area contributed by atoms with Gasteiger partial charge in [-0.05, 0) is 80.3 Å². The number of rotatable bonds is 11. The van der Waals surface area contributed by atoms with Crippen molar-refractivity contribution in [3.05, 3.63) is 112 Å². The van der Waals surface area contributed by atoms with Crippen LogP contribution in [0.1, 0.15) is 46.3 Å². The van der Waals surface area contributed by atoms with Crippen LogP contribution in [0.15, 0.2) is 95.1 Å². The first-order valence-electron chi connectivity index (χ1n) is 14.9. The van der Waals surface area contributed by atoms with E-state index in [1.807, 2.05) is 24.3 Å². The number of nitrogens with zero attached hydrogens (tertiary/aromatic N) is 3.